The summed E-state index contributed by atoms with van der Waals surface area (Å²) in [5, 5.41) is 2.42. The van der Waals surface area contributed by atoms with Gasteiger partial charge in [0.2, 0.25) is 0 Å². The van der Waals surface area contributed by atoms with Gasteiger partial charge in [0.15, 0.2) is 11.3 Å². The molecule has 1 heterocycles. The Bertz CT molecular complexity index is 537. The second-order valence-corrected chi connectivity index (χ2v) is 4.71. The molecule has 2 rings (SSSR count). The minimum absolute atomic E-state index is 0.509. The largest absolute Gasteiger partial charge is 0.497 e. The number of hydrogen-bond donors (Lipinski definition) is 0. The Morgan fingerprint density at radius 3 is 2.41 bits per heavy atom. The van der Waals surface area contributed by atoms with Gasteiger partial charge in [-0.3, -0.25) is 4.79 Å². The van der Waals surface area contributed by atoms with E-state index < -0.39 is 0 Å². The van der Waals surface area contributed by atoms with E-state index in [1.807, 2.05) is 31.4 Å². The van der Waals surface area contributed by atoms with Crippen LogP contribution in [0, 0.1) is 13.8 Å². The van der Waals surface area contributed by atoms with Crippen LogP contribution in [0.15, 0.2) is 17.5 Å². The zero-order valence-corrected chi connectivity index (χ0v) is 10.8. The average molecular weight is 247 g/mol. The van der Waals surface area contributed by atoms with Gasteiger partial charge in [-0.25, -0.2) is 4.98 Å². The third-order valence-corrected chi connectivity index (χ3v) is 3.39. The lowest BCUT2D eigenvalue weighted by molar-refractivity contribution is 0.112. The molecule has 0 amide bonds. The SMILES string of the molecule is COc1cc(C)c(-c2csc(C=O)n2)c(C)c1. The van der Waals surface area contributed by atoms with Crippen molar-refractivity contribution < 1.29 is 9.53 Å². The molecule has 0 aliphatic carbocycles. The van der Waals surface area contributed by atoms with E-state index in [9.17, 15) is 4.79 Å². The molecular weight excluding hydrogens is 234 g/mol. The van der Waals surface area contributed by atoms with Crippen LogP contribution in [0.5, 0.6) is 5.75 Å². The van der Waals surface area contributed by atoms with Crippen molar-refractivity contribution in [1.82, 2.24) is 4.98 Å². The van der Waals surface area contributed by atoms with E-state index >= 15 is 0 Å². The van der Waals surface area contributed by atoms with Gasteiger partial charge >= 0.3 is 0 Å². The highest BCUT2D eigenvalue weighted by Gasteiger charge is 2.11. The molecule has 0 N–H and O–H groups in total. The highest BCUT2D eigenvalue weighted by atomic mass is 32.1. The Hall–Kier alpha value is -1.68. The molecule has 0 bridgehead atoms. The van der Waals surface area contributed by atoms with Gasteiger partial charge in [0.05, 0.1) is 12.8 Å². The van der Waals surface area contributed by atoms with E-state index in [1.165, 1.54) is 11.3 Å². The van der Waals surface area contributed by atoms with Crippen LogP contribution < -0.4 is 4.74 Å². The predicted octanol–water partition coefficient (Wildman–Crippen LogP) is 3.25. The smallest absolute Gasteiger partial charge is 0.178 e. The molecule has 0 unspecified atom stereocenters. The van der Waals surface area contributed by atoms with Crippen LogP contribution in [0.3, 0.4) is 0 Å². The number of aldehydes is 1. The number of thiazole rings is 1. The third-order valence-electron chi connectivity index (χ3n) is 2.62. The standard InChI is InChI=1S/C13H13NO2S/c1-8-4-10(16-3)5-9(2)13(8)11-7-17-12(6-15)14-11/h4-7H,1-3H3. The molecule has 3 nitrogen and oxygen atoms in total. The summed E-state index contributed by atoms with van der Waals surface area (Å²) in [5.41, 5.74) is 4.14. The molecule has 17 heavy (non-hydrogen) atoms. The molecule has 88 valence electrons. The maximum Gasteiger partial charge on any atom is 0.178 e. The van der Waals surface area contributed by atoms with Crippen molar-refractivity contribution in [3.63, 3.8) is 0 Å². The van der Waals surface area contributed by atoms with Crippen LogP contribution >= 0.6 is 11.3 Å². The predicted molar refractivity (Wildman–Crippen MR) is 69.0 cm³/mol. The number of aryl methyl sites for hydroxylation is 2. The van der Waals surface area contributed by atoms with Gasteiger partial charge in [-0.2, -0.15) is 0 Å². The number of hydrogen-bond acceptors (Lipinski definition) is 4. The number of rotatable bonds is 3. The van der Waals surface area contributed by atoms with Crippen molar-refractivity contribution in [1.29, 1.82) is 0 Å². The fourth-order valence-corrected chi connectivity index (χ4v) is 2.51. The third kappa shape index (κ3) is 2.22. The molecule has 0 saturated carbocycles. The average Bonchev–Trinajstić information content (AvgIpc) is 2.76. The lowest BCUT2D eigenvalue weighted by Crippen LogP contribution is -1.92. The summed E-state index contributed by atoms with van der Waals surface area (Å²) < 4.78 is 5.22. The van der Waals surface area contributed by atoms with Crippen LogP contribution in [0.1, 0.15) is 20.9 Å². The van der Waals surface area contributed by atoms with Gasteiger partial charge < -0.3 is 4.74 Å². The topological polar surface area (TPSA) is 39.2 Å². The van der Waals surface area contributed by atoms with Crippen molar-refractivity contribution in [2.75, 3.05) is 7.11 Å². The van der Waals surface area contributed by atoms with Gasteiger partial charge in [-0.15, -0.1) is 11.3 Å². The number of nitrogens with zero attached hydrogens (tertiary/aromatic N) is 1. The molecule has 0 spiro atoms. The van der Waals surface area contributed by atoms with E-state index in [1.54, 1.807) is 7.11 Å². The van der Waals surface area contributed by atoms with Gasteiger partial charge in [-0.05, 0) is 37.1 Å². The van der Waals surface area contributed by atoms with Crippen molar-refractivity contribution in [2.45, 2.75) is 13.8 Å². The Kier molecular flexibility index (Phi) is 3.24. The second kappa shape index (κ2) is 4.67. The first kappa shape index (κ1) is 11.8. The number of benzene rings is 1. The summed E-state index contributed by atoms with van der Waals surface area (Å²) in [7, 11) is 1.65. The van der Waals surface area contributed by atoms with E-state index in [2.05, 4.69) is 4.98 Å². The van der Waals surface area contributed by atoms with Crippen LogP contribution in [-0.2, 0) is 0 Å². The second-order valence-electron chi connectivity index (χ2n) is 3.83. The number of carbonyl (C=O) groups excluding carboxylic acids is 1. The van der Waals surface area contributed by atoms with Crippen molar-refractivity contribution in [3.8, 4) is 17.0 Å². The summed E-state index contributed by atoms with van der Waals surface area (Å²) in [6.45, 7) is 4.04. The molecule has 0 fully saturated rings. The van der Waals surface area contributed by atoms with Crippen LogP contribution in [0.25, 0.3) is 11.3 Å². The van der Waals surface area contributed by atoms with Gasteiger partial charge in [0.1, 0.15) is 5.75 Å². The molecule has 4 heteroatoms. The fraction of sp³-hybridized carbons (Fsp3) is 0.231. The molecule has 2 aromatic rings. The normalized spacial score (nSPS) is 10.3. The Morgan fingerprint density at radius 1 is 1.29 bits per heavy atom. The quantitative estimate of drug-likeness (QED) is 0.781. The minimum atomic E-state index is 0.509. The van der Waals surface area contributed by atoms with Crippen LogP contribution in [0.2, 0.25) is 0 Å². The molecule has 0 aliphatic rings. The maximum atomic E-state index is 10.6. The zero-order chi connectivity index (χ0) is 12.4. The Morgan fingerprint density at radius 2 is 1.94 bits per heavy atom. The van der Waals surface area contributed by atoms with Gasteiger partial charge in [0.25, 0.3) is 0 Å². The van der Waals surface area contributed by atoms with E-state index in [4.69, 9.17) is 4.74 Å². The number of carbonyl (C=O) groups is 1. The highest BCUT2D eigenvalue weighted by Crippen LogP contribution is 2.31. The molecule has 0 radical (unpaired) electrons. The summed E-state index contributed by atoms with van der Waals surface area (Å²) in [6.07, 6.45) is 0.780. The molecule has 1 aromatic carbocycles. The monoisotopic (exact) mass is 247 g/mol. The maximum absolute atomic E-state index is 10.6. The number of ether oxygens (including phenoxy) is 1. The molecule has 0 aliphatic heterocycles. The molecule has 0 atom stereocenters. The summed E-state index contributed by atoms with van der Waals surface area (Å²) in [5.74, 6) is 0.842. The van der Waals surface area contributed by atoms with E-state index in [0.717, 1.165) is 34.4 Å². The zero-order valence-electron chi connectivity index (χ0n) is 9.98. The van der Waals surface area contributed by atoms with Crippen LogP contribution in [-0.4, -0.2) is 18.4 Å². The highest BCUT2D eigenvalue weighted by molar-refractivity contribution is 7.11. The molecule has 0 saturated heterocycles. The molecule has 1 aromatic heterocycles. The summed E-state index contributed by atoms with van der Waals surface area (Å²) >= 11 is 1.36. The van der Waals surface area contributed by atoms with E-state index in [0.29, 0.717) is 5.01 Å². The van der Waals surface area contributed by atoms with Gasteiger partial charge in [0, 0.05) is 10.9 Å². The van der Waals surface area contributed by atoms with Crippen molar-refractivity contribution in [2.24, 2.45) is 0 Å². The number of aromatic nitrogens is 1. The first-order valence-electron chi connectivity index (χ1n) is 5.22. The fourth-order valence-electron chi connectivity index (χ4n) is 1.90. The summed E-state index contributed by atoms with van der Waals surface area (Å²) in [6, 6.07) is 3.95. The Labute approximate surface area is 104 Å². The lowest BCUT2D eigenvalue weighted by atomic mass is 10.0. The minimum Gasteiger partial charge on any atom is -0.497 e. The Balaban J connectivity index is 2.55. The van der Waals surface area contributed by atoms with Crippen LogP contribution in [0.4, 0.5) is 0 Å². The molecular formula is C13H13NO2S. The van der Waals surface area contributed by atoms with E-state index in [-0.39, 0.29) is 0 Å². The lowest BCUT2D eigenvalue weighted by Gasteiger charge is -2.10. The van der Waals surface area contributed by atoms with Crippen molar-refractivity contribution in [3.05, 3.63) is 33.6 Å². The number of methoxy groups -OCH3 is 1. The first-order valence-corrected chi connectivity index (χ1v) is 6.10. The summed E-state index contributed by atoms with van der Waals surface area (Å²) in [4.78, 5) is 14.9. The van der Waals surface area contributed by atoms with Gasteiger partial charge in [-0.1, -0.05) is 0 Å². The first-order chi connectivity index (χ1) is 8.15. The van der Waals surface area contributed by atoms with Crippen molar-refractivity contribution >= 4 is 17.6 Å².